The van der Waals surface area contributed by atoms with Crippen LogP contribution in [0.25, 0.3) is 0 Å². The van der Waals surface area contributed by atoms with Gasteiger partial charge in [0, 0.05) is 23.8 Å². The highest BCUT2D eigenvalue weighted by molar-refractivity contribution is 9.10. The Bertz CT molecular complexity index is 274. The molecule has 4 heteroatoms. The molecular formula is C10H15BrN2O. The van der Waals surface area contributed by atoms with Crippen molar-refractivity contribution in [2.75, 3.05) is 13.6 Å². The van der Waals surface area contributed by atoms with Gasteiger partial charge in [-0.3, -0.25) is 9.88 Å². The highest BCUT2D eigenvalue weighted by Gasteiger charge is 2.04. The minimum atomic E-state index is -0.296. The van der Waals surface area contributed by atoms with E-state index in [0.717, 1.165) is 16.7 Å². The summed E-state index contributed by atoms with van der Waals surface area (Å²) >= 11 is 3.34. The van der Waals surface area contributed by atoms with E-state index in [9.17, 15) is 5.11 Å². The summed E-state index contributed by atoms with van der Waals surface area (Å²) in [7, 11) is 1.97. The highest BCUT2D eigenvalue weighted by Crippen LogP contribution is 2.08. The van der Waals surface area contributed by atoms with E-state index in [0.29, 0.717) is 6.54 Å². The smallest absolute Gasteiger partial charge is 0.0639 e. The number of pyridine rings is 1. The third-order valence-corrected chi connectivity index (χ3v) is 2.27. The Morgan fingerprint density at radius 2 is 2.29 bits per heavy atom. The summed E-state index contributed by atoms with van der Waals surface area (Å²) in [6.07, 6.45) is 1.49. The monoisotopic (exact) mass is 258 g/mol. The maximum absolute atomic E-state index is 9.18. The first-order valence-electron chi connectivity index (χ1n) is 4.55. The Balaban J connectivity index is 2.47. The Morgan fingerprint density at radius 1 is 1.57 bits per heavy atom. The van der Waals surface area contributed by atoms with Crippen molar-refractivity contribution >= 4 is 15.9 Å². The van der Waals surface area contributed by atoms with E-state index in [1.54, 1.807) is 13.1 Å². The molecule has 0 aliphatic rings. The molecule has 1 heterocycles. The molecule has 1 atom stereocenters. The van der Waals surface area contributed by atoms with Crippen molar-refractivity contribution in [2.45, 2.75) is 19.6 Å². The first-order chi connectivity index (χ1) is 6.58. The third-order valence-electron chi connectivity index (χ3n) is 1.80. The van der Waals surface area contributed by atoms with Gasteiger partial charge in [-0.1, -0.05) is 0 Å². The number of rotatable bonds is 4. The molecule has 78 valence electrons. The first kappa shape index (κ1) is 11.6. The zero-order chi connectivity index (χ0) is 10.6. The van der Waals surface area contributed by atoms with Crippen molar-refractivity contribution in [3.05, 3.63) is 28.5 Å². The van der Waals surface area contributed by atoms with Crippen LogP contribution in [0.2, 0.25) is 0 Å². The van der Waals surface area contributed by atoms with Gasteiger partial charge in [-0.05, 0) is 42.0 Å². The van der Waals surface area contributed by atoms with Crippen LogP contribution in [0.5, 0.6) is 0 Å². The second-order valence-electron chi connectivity index (χ2n) is 3.51. The molecule has 14 heavy (non-hydrogen) atoms. The molecule has 0 saturated carbocycles. The van der Waals surface area contributed by atoms with Gasteiger partial charge in [-0.2, -0.15) is 0 Å². The molecule has 0 spiro atoms. The zero-order valence-corrected chi connectivity index (χ0v) is 10.0. The average Bonchev–Trinajstić information content (AvgIpc) is 2.07. The lowest BCUT2D eigenvalue weighted by Gasteiger charge is -2.17. The molecule has 0 aliphatic heterocycles. The summed E-state index contributed by atoms with van der Waals surface area (Å²) < 4.78 is 0.986. The first-order valence-corrected chi connectivity index (χ1v) is 5.34. The van der Waals surface area contributed by atoms with E-state index in [-0.39, 0.29) is 6.10 Å². The molecule has 1 aromatic heterocycles. The molecule has 0 amide bonds. The summed E-state index contributed by atoms with van der Waals surface area (Å²) in [5.41, 5.74) is 1.01. The van der Waals surface area contributed by atoms with Crippen molar-refractivity contribution in [3.63, 3.8) is 0 Å². The van der Waals surface area contributed by atoms with Gasteiger partial charge >= 0.3 is 0 Å². The van der Waals surface area contributed by atoms with Crippen LogP contribution < -0.4 is 0 Å². The summed E-state index contributed by atoms with van der Waals surface area (Å²) in [4.78, 5) is 6.30. The normalized spacial score (nSPS) is 13.2. The van der Waals surface area contributed by atoms with Gasteiger partial charge < -0.3 is 5.11 Å². The number of aliphatic hydroxyl groups excluding tert-OH is 1. The fourth-order valence-corrected chi connectivity index (χ4v) is 1.53. The quantitative estimate of drug-likeness (QED) is 0.893. The SMILES string of the molecule is CC(O)CN(C)Cc1ccc(Br)cn1. The van der Waals surface area contributed by atoms with E-state index in [4.69, 9.17) is 0 Å². The van der Waals surface area contributed by atoms with E-state index in [2.05, 4.69) is 20.9 Å². The molecule has 1 N–H and O–H groups in total. The minimum Gasteiger partial charge on any atom is -0.392 e. The van der Waals surface area contributed by atoms with Crippen LogP contribution in [0.4, 0.5) is 0 Å². The van der Waals surface area contributed by atoms with Gasteiger partial charge in [0.2, 0.25) is 0 Å². The van der Waals surface area contributed by atoms with Crippen molar-refractivity contribution in [3.8, 4) is 0 Å². The summed E-state index contributed by atoms with van der Waals surface area (Å²) in [5.74, 6) is 0. The van der Waals surface area contributed by atoms with E-state index in [1.807, 2.05) is 24.1 Å². The topological polar surface area (TPSA) is 36.4 Å². The van der Waals surface area contributed by atoms with Gasteiger partial charge in [0.15, 0.2) is 0 Å². The number of hydrogen-bond acceptors (Lipinski definition) is 3. The molecule has 1 rings (SSSR count). The molecular weight excluding hydrogens is 244 g/mol. The molecule has 0 radical (unpaired) electrons. The number of hydrogen-bond donors (Lipinski definition) is 1. The molecule has 1 unspecified atom stereocenters. The maximum atomic E-state index is 9.18. The minimum absolute atomic E-state index is 0.296. The second kappa shape index (κ2) is 5.44. The molecule has 0 aromatic carbocycles. The number of halogens is 1. The van der Waals surface area contributed by atoms with Crippen molar-refractivity contribution in [1.82, 2.24) is 9.88 Å². The highest BCUT2D eigenvalue weighted by atomic mass is 79.9. The molecule has 1 aromatic rings. The third kappa shape index (κ3) is 4.17. The van der Waals surface area contributed by atoms with Crippen LogP contribution in [0.1, 0.15) is 12.6 Å². The van der Waals surface area contributed by atoms with Gasteiger partial charge in [0.05, 0.1) is 11.8 Å². The lowest BCUT2D eigenvalue weighted by Crippen LogP contribution is -2.27. The Hall–Kier alpha value is -0.450. The number of likely N-dealkylation sites (N-methyl/N-ethyl adjacent to an activating group) is 1. The molecule has 0 fully saturated rings. The fraction of sp³-hybridized carbons (Fsp3) is 0.500. The summed E-state index contributed by atoms with van der Waals surface area (Å²) in [6, 6.07) is 3.95. The van der Waals surface area contributed by atoms with Gasteiger partial charge in [-0.15, -0.1) is 0 Å². The van der Waals surface area contributed by atoms with Crippen LogP contribution in [0, 0.1) is 0 Å². The lowest BCUT2D eigenvalue weighted by molar-refractivity contribution is 0.138. The van der Waals surface area contributed by atoms with Crippen molar-refractivity contribution < 1.29 is 5.11 Å². The van der Waals surface area contributed by atoms with E-state index >= 15 is 0 Å². The lowest BCUT2D eigenvalue weighted by atomic mass is 10.3. The number of aliphatic hydroxyl groups is 1. The standard InChI is InChI=1S/C10H15BrN2O/c1-8(14)6-13(2)7-10-4-3-9(11)5-12-10/h3-5,8,14H,6-7H2,1-2H3. The second-order valence-corrected chi connectivity index (χ2v) is 4.43. The van der Waals surface area contributed by atoms with Crippen molar-refractivity contribution in [1.29, 1.82) is 0 Å². The largest absolute Gasteiger partial charge is 0.392 e. The number of aromatic nitrogens is 1. The van der Waals surface area contributed by atoms with Gasteiger partial charge in [-0.25, -0.2) is 0 Å². The van der Waals surface area contributed by atoms with Gasteiger partial charge in [0.25, 0.3) is 0 Å². The average molecular weight is 259 g/mol. The predicted molar refractivity (Wildman–Crippen MR) is 60.0 cm³/mol. The predicted octanol–water partition coefficient (Wildman–Crippen LogP) is 1.66. The summed E-state index contributed by atoms with van der Waals surface area (Å²) in [5, 5.41) is 9.18. The zero-order valence-electron chi connectivity index (χ0n) is 8.44. The van der Waals surface area contributed by atoms with Crippen LogP contribution in [-0.2, 0) is 6.54 Å². The number of nitrogens with zero attached hydrogens (tertiary/aromatic N) is 2. The molecule has 0 aliphatic carbocycles. The Kier molecular flexibility index (Phi) is 4.51. The van der Waals surface area contributed by atoms with Crippen molar-refractivity contribution in [2.24, 2.45) is 0 Å². The Labute approximate surface area is 92.9 Å². The molecule has 3 nitrogen and oxygen atoms in total. The maximum Gasteiger partial charge on any atom is 0.0639 e. The van der Waals surface area contributed by atoms with E-state index < -0.39 is 0 Å². The van der Waals surface area contributed by atoms with Crippen LogP contribution in [0.3, 0.4) is 0 Å². The van der Waals surface area contributed by atoms with Crippen LogP contribution in [0.15, 0.2) is 22.8 Å². The fourth-order valence-electron chi connectivity index (χ4n) is 1.29. The Morgan fingerprint density at radius 3 is 2.79 bits per heavy atom. The molecule has 0 saturated heterocycles. The van der Waals surface area contributed by atoms with Crippen LogP contribution >= 0.6 is 15.9 Å². The van der Waals surface area contributed by atoms with E-state index in [1.165, 1.54) is 0 Å². The molecule has 0 bridgehead atoms. The summed E-state index contributed by atoms with van der Waals surface area (Å²) in [6.45, 7) is 3.21. The van der Waals surface area contributed by atoms with Crippen LogP contribution in [-0.4, -0.2) is 34.7 Å². The van der Waals surface area contributed by atoms with Gasteiger partial charge in [0.1, 0.15) is 0 Å².